The molecule has 0 aliphatic carbocycles. The van der Waals surface area contributed by atoms with Crippen LogP contribution in [0.5, 0.6) is 0 Å². The van der Waals surface area contributed by atoms with Crippen molar-refractivity contribution < 1.29 is 9.60 Å². The Balaban J connectivity index is 1.03. The Morgan fingerprint density at radius 1 is 0.330 bits per heavy atom. The molecule has 5 heterocycles. The van der Waals surface area contributed by atoms with Crippen LogP contribution in [0.25, 0.3) is 132 Å². The van der Waals surface area contributed by atoms with Crippen LogP contribution < -0.4 is 26.2 Å². The van der Waals surface area contributed by atoms with E-state index in [2.05, 4.69) is 251 Å². The zero-order valence-corrected chi connectivity index (χ0v) is 52.1. The molecule has 2 aliphatic rings. The van der Waals surface area contributed by atoms with Gasteiger partial charge in [-0.3, -0.25) is 0 Å². The number of rotatable bonds is 9. The van der Waals surface area contributed by atoms with Gasteiger partial charge in [0.1, 0.15) is 0 Å². The van der Waals surface area contributed by atoms with Crippen molar-refractivity contribution in [2.24, 2.45) is 0 Å². The number of para-hydroxylation sites is 5. The second-order valence-electron chi connectivity index (χ2n) is 25.2. The predicted molar refractivity (Wildman–Crippen MR) is 407 cm³/mol. The van der Waals surface area contributed by atoms with Crippen LogP contribution >= 0.6 is 0 Å². The number of aromatic nitrogens is 2. The summed E-state index contributed by atoms with van der Waals surface area (Å²) in [5, 5.41) is 15.0. The predicted octanol–water partition coefficient (Wildman–Crippen LogP) is 21.9. The maximum atomic E-state index is 10.5. The molecular formula is C91H56BN5. The van der Waals surface area contributed by atoms with Gasteiger partial charge in [-0.2, -0.15) is 5.26 Å². The maximum Gasteiger partial charge on any atom is 0.252 e. The van der Waals surface area contributed by atoms with E-state index >= 15 is 0 Å². The molecule has 6 heteroatoms. The zero-order chi connectivity index (χ0) is 69.9. The van der Waals surface area contributed by atoms with Crippen LogP contribution in [0.1, 0.15) is 15.2 Å². The van der Waals surface area contributed by atoms with Crippen LogP contribution in [-0.2, 0) is 0 Å². The molecule has 3 aromatic heterocycles. The molecule has 2 aliphatic heterocycles. The van der Waals surface area contributed by atoms with Crippen LogP contribution in [-0.4, -0.2) is 15.7 Å². The van der Waals surface area contributed by atoms with E-state index in [4.69, 9.17) is 0 Å². The summed E-state index contributed by atoms with van der Waals surface area (Å²) in [5.41, 5.74) is 23.2. The average Bonchev–Trinajstić information content (AvgIpc) is 1.38. The highest BCUT2D eigenvalue weighted by Gasteiger charge is 2.48. The summed E-state index contributed by atoms with van der Waals surface area (Å²) in [5.74, 6) is 0. The molecule has 0 fully saturated rings. The lowest BCUT2D eigenvalue weighted by Crippen LogP contribution is -2.61. The smallest absolute Gasteiger partial charge is 0.252 e. The third-order valence-electron chi connectivity index (χ3n) is 20.1. The van der Waals surface area contributed by atoms with Gasteiger partial charge in [0.25, 0.3) is 6.71 Å². The van der Waals surface area contributed by atoms with E-state index in [1.54, 1.807) is 16.7 Å². The van der Waals surface area contributed by atoms with Gasteiger partial charge in [-0.15, -0.1) is 0 Å². The normalized spacial score (nSPS) is 13.5. The van der Waals surface area contributed by atoms with Crippen molar-refractivity contribution in [3.63, 3.8) is 0 Å². The second kappa shape index (κ2) is 21.6. The molecule has 20 rings (SSSR count). The lowest BCUT2D eigenvalue weighted by molar-refractivity contribution is 1.17. The van der Waals surface area contributed by atoms with Crippen LogP contribution in [0, 0.1) is 11.3 Å². The maximum absolute atomic E-state index is 10.5. The van der Waals surface area contributed by atoms with Gasteiger partial charge in [0.2, 0.25) is 0 Å². The Kier molecular flexibility index (Phi) is 10.6. The first kappa shape index (κ1) is 47.9. The molecule has 448 valence electrons. The topological polar surface area (TPSA) is 39.6 Å². The van der Waals surface area contributed by atoms with Crippen LogP contribution in [0.3, 0.4) is 0 Å². The first-order valence-corrected chi connectivity index (χ1v) is 32.8. The molecular weight excluding hydrogens is 1170 g/mol. The van der Waals surface area contributed by atoms with E-state index in [-0.39, 0.29) is 57.6 Å². The molecule has 18 aromatic rings. The molecule has 0 saturated heterocycles. The lowest BCUT2D eigenvalue weighted by Gasteiger charge is -2.46. The molecule has 0 radical (unpaired) electrons. The number of anilines is 6. The second-order valence-corrected chi connectivity index (χ2v) is 25.2. The van der Waals surface area contributed by atoms with E-state index in [9.17, 15) is 14.9 Å². The molecule has 5 nitrogen and oxygen atoms in total. The molecule has 0 spiro atoms. The minimum Gasteiger partial charge on any atom is -0.309 e. The minimum absolute atomic E-state index is 0.0882. The molecule has 0 N–H and O–H groups in total. The minimum atomic E-state index is -0.579. The number of hydrogen-bond acceptors (Lipinski definition) is 3. The molecule has 0 amide bonds. The third kappa shape index (κ3) is 8.13. The van der Waals surface area contributed by atoms with E-state index < -0.39 is 18.8 Å². The highest BCUT2D eigenvalue weighted by atomic mass is 15.2. The first-order chi connectivity index (χ1) is 51.1. The van der Waals surface area contributed by atoms with E-state index in [1.807, 2.05) is 54.6 Å². The van der Waals surface area contributed by atoms with Crippen LogP contribution in [0.4, 0.5) is 34.1 Å². The Labute approximate surface area is 571 Å². The molecule has 0 saturated carbocycles. The molecule has 97 heavy (non-hydrogen) atoms. The van der Waals surface area contributed by atoms with Gasteiger partial charge in [0.05, 0.1) is 71.6 Å². The van der Waals surface area contributed by atoms with Gasteiger partial charge in [-0.05, 0) is 121 Å². The van der Waals surface area contributed by atoms with Gasteiger partial charge in [-0.1, -0.05) is 279 Å². The van der Waals surface area contributed by atoms with E-state index in [1.165, 1.54) is 0 Å². The summed E-state index contributed by atoms with van der Waals surface area (Å²) >= 11 is 0. The van der Waals surface area contributed by atoms with Crippen molar-refractivity contribution in [1.82, 2.24) is 8.97 Å². The summed E-state index contributed by atoms with van der Waals surface area (Å²) < 4.78 is 73.1. The molecule has 0 unspecified atom stereocenters. The van der Waals surface area contributed by atoms with Gasteiger partial charge in [0, 0.05) is 71.6 Å². The quantitative estimate of drug-likeness (QED) is 0.135. The van der Waals surface area contributed by atoms with Crippen LogP contribution in [0.15, 0.2) is 340 Å². The molecule has 0 bridgehead atoms. The van der Waals surface area contributed by atoms with Crippen molar-refractivity contribution in [2.75, 3.05) is 9.80 Å². The third-order valence-corrected chi connectivity index (χ3v) is 20.1. The van der Waals surface area contributed by atoms with Crippen molar-refractivity contribution in [3.05, 3.63) is 345 Å². The standard InChI is InChI=1S/C91H56BN5/c93-57-58-25-22-36-64(53-58)66-48-52-82-77(55-66)92-76-50-49-67(94-78-44-19-16-37-72(78)75-54-65(47-51-81(75)94)59-26-6-1-7-27-59)56-83(76)97(88-70(62-32-12-4-13-33-62)42-24-43-71(88)63-34-14-5-15-35-63)91-85-74-39-18-21-46-80(74)95-79-45-20-17-38-73(79)84(89(85)95)90(86(91)92)96(82)87-68(60-28-8-2-9-29-60)40-23-41-69(87)61-30-10-3-11-31-61/h1-56H/i16D,19D,37D,44D,47D,51D,54D. The summed E-state index contributed by atoms with van der Waals surface area (Å²) in [6, 6.07) is 103. The van der Waals surface area contributed by atoms with Crippen molar-refractivity contribution in [3.8, 4) is 78.5 Å². The fraction of sp³-hybridized carbons (Fsp3) is 0. The van der Waals surface area contributed by atoms with E-state index in [0.717, 1.165) is 144 Å². The van der Waals surface area contributed by atoms with Gasteiger partial charge >= 0.3 is 0 Å². The van der Waals surface area contributed by atoms with Crippen molar-refractivity contribution in [2.45, 2.75) is 0 Å². The molecule has 0 atom stereocenters. The summed E-state index contributed by atoms with van der Waals surface area (Å²) in [6.45, 7) is -0.579. The Morgan fingerprint density at radius 2 is 0.814 bits per heavy atom. The SMILES string of the molecule is [2H]c1c([2H])c([2H])c2c(c1[2H])c1c([2H])c(-c3ccccc3)c([2H])c([2H])c1n2-c1ccc2c(c1)N(c1c(-c3ccccc3)cccc1-c1ccccc1)c1c3c(c4c5ccccc5n5c6ccccc6c1c45)N(c1c(-c4ccccc4)cccc1-c1ccccc1)c1ccc(-c4cccc(C#N)c4)cc1B23. The Morgan fingerprint density at radius 3 is 1.38 bits per heavy atom. The Hall–Kier alpha value is -12.9. The van der Waals surface area contributed by atoms with Crippen molar-refractivity contribution in [1.29, 1.82) is 5.26 Å². The first-order valence-electron chi connectivity index (χ1n) is 36.3. The fourth-order valence-corrected chi connectivity index (χ4v) is 16.1. The zero-order valence-electron chi connectivity index (χ0n) is 59.1. The number of benzene rings is 15. The lowest BCUT2D eigenvalue weighted by atomic mass is 9.33. The molecule has 15 aromatic carbocycles. The highest BCUT2D eigenvalue weighted by Crippen LogP contribution is 2.59. The van der Waals surface area contributed by atoms with Crippen molar-refractivity contribution >= 4 is 117 Å². The average molecular weight is 1240 g/mol. The van der Waals surface area contributed by atoms with Gasteiger partial charge in [0.15, 0.2) is 0 Å². The van der Waals surface area contributed by atoms with Crippen LogP contribution in [0.2, 0.25) is 0 Å². The summed E-state index contributed by atoms with van der Waals surface area (Å²) in [7, 11) is 0. The highest BCUT2D eigenvalue weighted by molar-refractivity contribution is 7.01. The fourth-order valence-electron chi connectivity index (χ4n) is 16.1. The summed E-state index contributed by atoms with van der Waals surface area (Å²) in [4.78, 5) is 5.07. The van der Waals surface area contributed by atoms with E-state index in [0.29, 0.717) is 16.8 Å². The Bertz CT molecular complexity index is 6600. The number of fused-ring (bicyclic) bond motifs is 15. The number of hydrogen-bond donors (Lipinski definition) is 0. The summed E-state index contributed by atoms with van der Waals surface area (Å²) in [6.07, 6.45) is 0. The van der Waals surface area contributed by atoms with Gasteiger partial charge < -0.3 is 18.8 Å². The monoisotopic (exact) mass is 1240 g/mol. The number of nitrogens with zero attached hydrogens (tertiary/aromatic N) is 5. The largest absolute Gasteiger partial charge is 0.309 e. The van der Waals surface area contributed by atoms with Gasteiger partial charge in [-0.25, -0.2) is 0 Å². The number of nitriles is 1.